The molecule has 4 aromatic carbocycles. The van der Waals surface area contributed by atoms with Crippen molar-refractivity contribution in [3.8, 4) is 29.1 Å². The Hall–Kier alpha value is -7.20. The summed E-state index contributed by atoms with van der Waals surface area (Å²) in [5.74, 6) is -2.14. The zero-order valence-corrected chi connectivity index (χ0v) is 48.7. The topological polar surface area (TPSA) is 366 Å². The first-order valence-corrected chi connectivity index (χ1v) is 29.9. The Labute approximate surface area is 502 Å². The van der Waals surface area contributed by atoms with Crippen LogP contribution < -0.4 is 32.0 Å². The van der Waals surface area contributed by atoms with Gasteiger partial charge in [-0.3, -0.25) is 24.2 Å². The van der Waals surface area contributed by atoms with Gasteiger partial charge in [-0.1, -0.05) is 54.3 Å². The minimum absolute atomic E-state index is 0.00983. The molecule has 4 fully saturated rings. The van der Waals surface area contributed by atoms with Gasteiger partial charge in [0, 0.05) is 64.6 Å². The van der Waals surface area contributed by atoms with E-state index in [-0.39, 0.29) is 123 Å². The third kappa shape index (κ3) is 11.0. The van der Waals surface area contributed by atoms with Gasteiger partial charge in [0.05, 0.1) is 49.2 Å². The van der Waals surface area contributed by atoms with Crippen LogP contribution in [-0.2, 0) is 50.5 Å². The van der Waals surface area contributed by atoms with Crippen molar-refractivity contribution < 1.29 is 78.7 Å². The number of aromatic hydroxyl groups is 1. The second-order valence-corrected chi connectivity index (χ2v) is 24.7. The van der Waals surface area contributed by atoms with Crippen molar-refractivity contribution in [3.63, 3.8) is 0 Å². The lowest BCUT2D eigenvalue weighted by Crippen LogP contribution is -2.67. The number of aliphatic imine (C=N–C) groups is 1. The number of hydrogen-bond acceptors (Lipinski definition) is 19. The van der Waals surface area contributed by atoms with Crippen molar-refractivity contribution in [2.45, 2.75) is 139 Å². The van der Waals surface area contributed by atoms with E-state index in [0.717, 1.165) is 43.6 Å². The second-order valence-electron chi connectivity index (χ2n) is 24.7. The van der Waals surface area contributed by atoms with Crippen LogP contribution in [0, 0.1) is 47.3 Å². The number of nitrogens with two attached hydrogens (primary N) is 3. The van der Waals surface area contributed by atoms with E-state index in [9.17, 15) is 50.1 Å². The van der Waals surface area contributed by atoms with E-state index in [4.69, 9.17) is 36.1 Å². The van der Waals surface area contributed by atoms with Gasteiger partial charge in [-0.25, -0.2) is 0 Å². The molecule has 4 aromatic rings. The van der Waals surface area contributed by atoms with Gasteiger partial charge >= 0.3 is 5.97 Å². The number of phenolic OH excluding ortho intramolecular Hbond substituents is 1. The Morgan fingerprint density at radius 2 is 1.74 bits per heavy atom. The number of carbonyl (C=O) groups is 5. The number of aliphatic hydroxyl groups excluding tert-OH is 3. The molecule has 11 rings (SSSR count). The molecule has 0 spiro atoms. The number of benzene rings is 4. The third-order valence-corrected chi connectivity index (χ3v) is 19.4. The minimum atomic E-state index is -3.14. The lowest BCUT2D eigenvalue weighted by molar-refractivity contribution is -0.378. The summed E-state index contributed by atoms with van der Waals surface area (Å²) in [5, 5.41) is 87.5. The molecule has 0 unspecified atom stereocenters. The molecular weight excluding hydrogens is 1120 g/mol. The van der Waals surface area contributed by atoms with Crippen LogP contribution in [0.25, 0.3) is 12.2 Å². The van der Waals surface area contributed by atoms with Gasteiger partial charge in [0.25, 0.3) is 0 Å². The van der Waals surface area contributed by atoms with Gasteiger partial charge in [-0.2, -0.15) is 0 Å². The molecule has 0 aromatic heterocycles. The summed E-state index contributed by atoms with van der Waals surface area (Å²) >= 11 is 0. The molecule has 7 aliphatic rings. The van der Waals surface area contributed by atoms with Crippen LogP contribution in [0.1, 0.15) is 157 Å². The summed E-state index contributed by atoms with van der Waals surface area (Å²) in [5.41, 5.74) is 16.9. The number of fused-ring (bicyclic) bond motifs is 4. The van der Waals surface area contributed by atoms with Gasteiger partial charge in [0.2, 0.25) is 12.1 Å². The third-order valence-electron chi connectivity index (χ3n) is 19.4. The molecule has 1 saturated heterocycles. The Morgan fingerprint density at radius 3 is 2.46 bits per heavy atom. The first-order chi connectivity index (χ1) is 41.6. The molecule has 14 atom stereocenters. The number of hydrogen-bond donors (Lipinski definition) is 11. The monoisotopic (exact) mass is 1190 g/mol. The molecule has 3 saturated carbocycles. The highest BCUT2D eigenvalue weighted by Crippen LogP contribution is 2.68. The van der Waals surface area contributed by atoms with Gasteiger partial charge in [0.15, 0.2) is 29.9 Å². The number of rotatable bonds is 14. The fraction of sp³-hybridized carbons (Fsp3) is 0.485. The van der Waals surface area contributed by atoms with E-state index in [1.807, 2.05) is 25.2 Å². The van der Waals surface area contributed by atoms with E-state index < -0.39 is 114 Å². The van der Waals surface area contributed by atoms with Gasteiger partial charge < -0.3 is 82.0 Å². The standard InChI is InChI=1S/C66H75N5O16/c1-31-61(80)66(82,83)62(84-19-18-71-64(68)69)63(85-31)87-60-45-9-5-8-40(67)13-14-41(76)22-34-7-4-6-33(20-34)10-15-42-49(86-32(2)75)25-39(29-73)50-52(42)59(79)53(45)54(58(50)78)57(77)47(60)23-36-11-16-44-51-43-17-12-37(28-72)46(51)24-38-21-35(27-70-3)26-65(81,55(38)43)56(44)48(36)30-74/h4,6-7,10-11,15-16,20,25,28,30-31,35,37-38,40-41,43,46,51,55,61-63,70,73,76-77,80-83H,9,12-14,17-19,21-24,26-27,29,67H2,1-3H3,(H4,68,69,71)/b15-10+/t31-,35+,37-,38-,40-,41+,43-,46+,51+,55-,61+,62-,63+,65+/m0/s1. The van der Waals surface area contributed by atoms with Crippen LogP contribution in [0.3, 0.4) is 0 Å². The van der Waals surface area contributed by atoms with Crippen LogP contribution in [-0.4, -0.2) is 141 Å². The SMILES string of the molecule is CNC[C@@H]1C[C@H]2C[C@H]3[C@H]4c5ccc(Cc6c(O)c7c8c(c6O[C@H]6O[C@@H](C)[C@@H](O)C(O)(O)[C@H]6OCCN=C(N)N)CC#C[C@H](N)CC[C@@H](O)Cc6cccc(c6)/C=C/c6c(OC(C)=O)cc(CO)c(c6C8=O)C7=O)c(C=O)c5[C@@](O)(C1)[C@@H]2[C@H]4CC[C@H]3C=O. The summed E-state index contributed by atoms with van der Waals surface area (Å²) < 4.78 is 24.8. The van der Waals surface area contributed by atoms with Crippen LogP contribution in [0.5, 0.6) is 17.2 Å². The summed E-state index contributed by atoms with van der Waals surface area (Å²) in [6, 6.07) is 11.2. The Kier molecular flexibility index (Phi) is 17.2. The molecule has 460 valence electrons. The number of carbonyl (C=O) groups excluding carboxylic acids is 5. The Morgan fingerprint density at radius 1 is 0.954 bits per heavy atom. The van der Waals surface area contributed by atoms with Gasteiger partial charge in [-0.15, -0.1) is 0 Å². The van der Waals surface area contributed by atoms with E-state index in [1.165, 1.54) is 19.1 Å². The van der Waals surface area contributed by atoms with E-state index in [1.54, 1.807) is 24.3 Å². The molecule has 1 aliphatic heterocycles. The zero-order chi connectivity index (χ0) is 62.0. The molecule has 1 heterocycles. The number of nitrogens with one attached hydrogen (secondary N) is 1. The zero-order valence-electron chi connectivity index (χ0n) is 48.7. The summed E-state index contributed by atoms with van der Waals surface area (Å²) in [4.78, 5) is 76.0. The Bertz CT molecular complexity index is 3570. The fourth-order valence-corrected chi connectivity index (χ4v) is 16.0. The maximum absolute atomic E-state index is 16.2. The van der Waals surface area contributed by atoms with Crippen LogP contribution in [0.15, 0.2) is 47.5 Å². The number of guanidine groups is 1. The molecule has 6 aliphatic carbocycles. The van der Waals surface area contributed by atoms with Gasteiger partial charge in [-0.05, 0) is 153 Å². The molecule has 8 bridgehead atoms. The van der Waals surface area contributed by atoms with Crippen molar-refractivity contribution in [1.29, 1.82) is 0 Å². The first kappa shape index (κ1) is 61.4. The van der Waals surface area contributed by atoms with Gasteiger partial charge in [0.1, 0.15) is 29.6 Å². The van der Waals surface area contributed by atoms with E-state index in [0.29, 0.717) is 36.8 Å². The van der Waals surface area contributed by atoms with Crippen LogP contribution in [0.2, 0.25) is 0 Å². The molecule has 0 radical (unpaired) electrons. The normalized spacial score (nSPS) is 30.5. The van der Waals surface area contributed by atoms with Crippen molar-refractivity contribution in [2.75, 3.05) is 26.7 Å². The highest BCUT2D eigenvalue weighted by atomic mass is 16.7. The summed E-state index contributed by atoms with van der Waals surface area (Å²) in [7, 11) is 1.85. The molecule has 21 heteroatoms. The number of nitrogens with zero attached hydrogens (tertiary/aromatic N) is 1. The lowest BCUT2D eigenvalue weighted by Gasteiger charge is -2.64. The summed E-state index contributed by atoms with van der Waals surface area (Å²) in [6.07, 6.45) is -0.417. The fourth-order valence-electron chi connectivity index (χ4n) is 16.0. The number of phenols is 1. The molecule has 0 amide bonds. The number of aldehydes is 2. The summed E-state index contributed by atoms with van der Waals surface area (Å²) in [6.45, 7) is 1.59. The average molecular weight is 1190 g/mol. The minimum Gasteiger partial charge on any atom is -0.507 e. The molecule has 21 nitrogen and oxygen atoms in total. The van der Waals surface area contributed by atoms with Crippen molar-refractivity contribution in [1.82, 2.24) is 5.32 Å². The van der Waals surface area contributed by atoms with E-state index in [2.05, 4.69) is 22.2 Å². The van der Waals surface area contributed by atoms with Crippen molar-refractivity contribution in [2.24, 2.45) is 57.7 Å². The second kappa shape index (κ2) is 24.4. The average Bonchev–Trinajstić information content (AvgIpc) is 0.715. The molecule has 87 heavy (non-hydrogen) atoms. The van der Waals surface area contributed by atoms with Crippen molar-refractivity contribution >= 4 is 48.2 Å². The van der Waals surface area contributed by atoms with E-state index >= 15 is 9.59 Å². The maximum Gasteiger partial charge on any atom is 0.308 e. The van der Waals surface area contributed by atoms with Crippen LogP contribution in [0.4, 0.5) is 0 Å². The quantitative estimate of drug-likeness (QED) is 0.0111. The molecular formula is C66H75N5O16. The highest BCUT2D eigenvalue weighted by molar-refractivity contribution is 6.32. The number of esters is 1. The smallest absolute Gasteiger partial charge is 0.308 e. The Balaban J connectivity index is 1.18. The molecule has 14 N–H and O–H groups in total. The first-order valence-electron chi connectivity index (χ1n) is 29.9. The largest absolute Gasteiger partial charge is 0.507 e. The maximum atomic E-state index is 16.2. The highest BCUT2D eigenvalue weighted by Gasteiger charge is 2.64. The number of ether oxygens (including phenoxy) is 4. The number of aliphatic hydroxyl groups is 6. The predicted octanol–water partition coefficient (Wildman–Crippen LogP) is 2.94. The predicted molar refractivity (Wildman–Crippen MR) is 316 cm³/mol. The number of ketones is 2. The lowest BCUT2D eigenvalue weighted by atomic mass is 9.41. The van der Waals surface area contributed by atoms with Crippen molar-refractivity contribution in [3.05, 3.63) is 120 Å². The van der Waals surface area contributed by atoms with Crippen LogP contribution >= 0.6 is 0 Å².